The van der Waals surface area contributed by atoms with Crippen molar-refractivity contribution in [1.82, 2.24) is 9.55 Å². The van der Waals surface area contributed by atoms with Crippen LogP contribution < -0.4 is 16.1 Å². The molecule has 0 fully saturated rings. The van der Waals surface area contributed by atoms with E-state index in [4.69, 9.17) is 0 Å². The van der Waals surface area contributed by atoms with Gasteiger partial charge in [0.1, 0.15) is 23.6 Å². The Hall–Kier alpha value is -4.33. The molecule has 2 aromatic carbocycles. The first-order valence-electron chi connectivity index (χ1n) is 10.2. The molecule has 2 heterocycles. The van der Waals surface area contributed by atoms with E-state index in [0.29, 0.717) is 22.6 Å². The van der Waals surface area contributed by atoms with Gasteiger partial charge in [-0.1, -0.05) is 24.3 Å². The van der Waals surface area contributed by atoms with Gasteiger partial charge in [0.15, 0.2) is 0 Å². The van der Waals surface area contributed by atoms with Gasteiger partial charge in [0.05, 0.1) is 5.39 Å². The molecule has 4 aromatic rings. The van der Waals surface area contributed by atoms with Gasteiger partial charge in [-0.2, -0.15) is 0 Å². The molecule has 8 heteroatoms. The van der Waals surface area contributed by atoms with Crippen LogP contribution in [0, 0.1) is 19.7 Å². The van der Waals surface area contributed by atoms with Crippen LogP contribution in [0.5, 0.6) is 0 Å². The summed E-state index contributed by atoms with van der Waals surface area (Å²) >= 11 is 0. The van der Waals surface area contributed by atoms with Crippen molar-refractivity contribution in [2.75, 3.05) is 10.6 Å². The summed E-state index contributed by atoms with van der Waals surface area (Å²) in [5.74, 6) is -1.48. The van der Waals surface area contributed by atoms with Gasteiger partial charge in [0, 0.05) is 23.3 Å². The number of anilines is 2. The minimum absolute atomic E-state index is 0.119. The second kappa shape index (κ2) is 9.04. The van der Waals surface area contributed by atoms with Crippen molar-refractivity contribution in [3.8, 4) is 0 Å². The zero-order valence-corrected chi connectivity index (χ0v) is 18.1. The van der Waals surface area contributed by atoms with Gasteiger partial charge >= 0.3 is 0 Å². The zero-order chi connectivity index (χ0) is 23.5. The number of aromatic nitrogens is 2. The van der Waals surface area contributed by atoms with Crippen molar-refractivity contribution in [1.29, 1.82) is 0 Å². The summed E-state index contributed by atoms with van der Waals surface area (Å²) in [6, 6.07) is 16.4. The number of nitrogens with one attached hydrogen (secondary N) is 2. The van der Waals surface area contributed by atoms with Gasteiger partial charge in [0.2, 0.25) is 11.3 Å². The largest absolute Gasteiger partial charge is 0.324 e. The molecule has 166 valence electrons. The normalized spacial score (nSPS) is 10.8. The molecule has 0 spiro atoms. The highest BCUT2D eigenvalue weighted by atomic mass is 19.1. The molecular weight excluding hydrogens is 423 g/mol. The van der Waals surface area contributed by atoms with Gasteiger partial charge in [-0.15, -0.1) is 0 Å². The van der Waals surface area contributed by atoms with E-state index in [-0.39, 0.29) is 23.1 Å². The summed E-state index contributed by atoms with van der Waals surface area (Å²) in [4.78, 5) is 43.0. The van der Waals surface area contributed by atoms with E-state index in [1.807, 2.05) is 6.07 Å². The van der Waals surface area contributed by atoms with Crippen molar-refractivity contribution in [2.24, 2.45) is 0 Å². The molecule has 7 nitrogen and oxygen atoms in total. The van der Waals surface area contributed by atoms with Crippen LogP contribution in [0.2, 0.25) is 0 Å². The number of hydrogen-bond acceptors (Lipinski definition) is 4. The molecule has 0 saturated heterocycles. The van der Waals surface area contributed by atoms with Crippen molar-refractivity contribution < 1.29 is 14.0 Å². The maximum absolute atomic E-state index is 13.8. The molecule has 2 aromatic heterocycles. The minimum Gasteiger partial charge on any atom is -0.324 e. The molecule has 2 amide bonds. The molecule has 0 bridgehead atoms. The van der Waals surface area contributed by atoms with E-state index in [2.05, 4.69) is 15.6 Å². The number of para-hydroxylation sites is 1. The zero-order valence-electron chi connectivity index (χ0n) is 18.1. The minimum atomic E-state index is -0.594. The number of benzene rings is 2. The molecule has 0 atom stereocenters. The molecule has 33 heavy (non-hydrogen) atoms. The molecule has 0 radical (unpaired) electrons. The molecule has 0 aliphatic heterocycles. The summed E-state index contributed by atoms with van der Waals surface area (Å²) < 4.78 is 15.3. The number of amides is 2. The van der Waals surface area contributed by atoms with Crippen molar-refractivity contribution >= 4 is 34.2 Å². The van der Waals surface area contributed by atoms with E-state index in [1.165, 1.54) is 16.8 Å². The lowest BCUT2D eigenvalue weighted by Gasteiger charge is -2.14. The Morgan fingerprint density at radius 2 is 1.73 bits per heavy atom. The van der Waals surface area contributed by atoms with Crippen LogP contribution in [0.4, 0.5) is 15.8 Å². The van der Waals surface area contributed by atoms with Crippen LogP contribution >= 0.6 is 0 Å². The fourth-order valence-corrected chi connectivity index (χ4v) is 3.39. The third-order valence-electron chi connectivity index (χ3n) is 5.11. The predicted molar refractivity (Wildman–Crippen MR) is 125 cm³/mol. The van der Waals surface area contributed by atoms with Crippen molar-refractivity contribution in [2.45, 2.75) is 20.4 Å². The monoisotopic (exact) mass is 444 g/mol. The first kappa shape index (κ1) is 21.9. The van der Waals surface area contributed by atoms with Crippen LogP contribution in [-0.4, -0.2) is 21.4 Å². The Kier molecular flexibility index (Phi) is 5.99. The highest BCUT2D eigenvalue weighted by molar-refractivity contribution is 6.05. The number of hydrogen-bond donors (Lipinski definition) is 2. The van der Waals surface area contributed by atoms with Gasteiger partial charge < -0.3 is 15.2 Å². The van der Waals surface area contributed by atoms with Crippen molar-refractivity contribution in [3.05, 3.63) is 99.7 Å². The molecule has 0 aliphatic rings. The van der Waals surface area contributed by atoms with Gasteiger partial charge in [-0.25, -0.2) is 9.37 Å². The third kappa shape index (κ3) is 4.79. The SMILES string of the molecule is Cc1ccc2c(=O)c(C(=O)Nc3ccccc3)cn(CC(=O)Nc3ccc(C)c(F)c3)c2n1. The summed E-state index contributed by atoms with van der Waals surface area (Å²) in [5, 5.41) is 5.54. The molecule has 0 saturated carbocycles. The predicted octanol–water partition coefficient (Wildman–Crippen LogP) is 4.04. The van der Waals surface area contributed by atoms with Gasteiger partial charge in [0.25, 0.3) is 5.91 Å². The van der Waals surface area contributed by atoms with Gasteiger partial charge in [-0.3, -0.25) is 14.4 Å². The Morgan fingerprint density at radius 1 is 0.970 bits per heavy atom. The molecule has 0 unspecified atom stereocenters. The third-order valence-corrected chi connectivity index (χ3v) is 5.11. The fourth-order valence-electron chi connectivity index (χ4n) is 3.39. The van der Waals surface area contributed by atoms with Crippen molar-refractivity contribution in [3.63, 3.8) is 0 Å². The van der Waals surface area contributed by atoms with E-state index in [0.717, 1.165) is 0 Å². The summed E-state index contributed by atoms with van der Waals surface area (Å²) in [7, 11) is 0. The maximum Gasteiger partial charge on any atom is 0.261 e. The standard InChI is InChI=1S/C25H21FN4O3/c1-15-8-10-18(12-21(15)26)28-22(31)14-30-13-20(25(33)29-17-6-4-3-5-7-17)23(32)19-11-9-16(2)27-24(19)30/h3-13H,14H2,1-2H3,(H,28,31)(H,29,33). The number of carbonyl (C=O) groups excluding carboxylic acids is 2. The average molecular weight is 444 g/mol. The number of fused-ring (bicyclic) bond motifs is 1. The Morgan fingerprint density at radius 3 is 2.45 bits per heavy atom. The second-order valence-corrected chi connectivity index (χ2v) is 7.66. The highest BCUT2D eigenvalue weighted by Crippen LogP contribution is 2.16. The van der Waals surface area contributed by atoms with Crippen LogP contribution in [0.1, 0.15) is 21.6 Å². The number of pyridine rings is 2. The molecule has 4 rings (SSSR count). The Balaban J connectivity index is 1.70. The van der Waals surface area contributed by atoms with E-state index in [9.17, 15) is 18.8 Å². The Labute approximate surface area is 188 Å². The number of rotatable bonds is 5. The summed E-state index contributed by atoms with van der Waals surface area (Å²) in [6.07, 6.45) is 1.32. The van der Waals surface area contributed by atoms with E-state index in [1.54, 1.807) is 62.4 Å². The maximum atomic E-state index is 13.8. The summed E-state index contributed by atoms with van der Waals surface area (Å²) in [6.45, 7) is 3.16. The lowest BCUT2D eigenvalue weighted by Crippen LogP contribution is -2.27. The average Bonchev–Trinajstić information content (AvgIpc) is 2.78. The number of aryl methyl sites for hydroxylation is 2. The number of nitrogens with zero attached hydrogens (tertiary/aromatic N) is 2. The summed E-state index contributed by atoms with van der Waals surface area (Å²) in [5.41, 5.74) is 1.64. The lowest BCUT2D eigenvalue weighted by molar-refractivity contribution is -0.116. The molecular formula is C25H21FN4O3. The fraction of sp³-hybridized carbons (Fsp3) is 0.120. The number of halogens is 1. The second-order valence-electron chi connectivity index (χ2n) is 7.66. The van der Waals surface area contributed by atoms with Crippen LogP contribution in [0.25, 0.3) is 11.0 Å². The van der Waals surface area contributed by atoms with Gasteiger partial charge in [-0.05, 0) is 55.8 Å². The van der Waals surface area contributed by atoms with Crippen LogP contribution in [0.15, 0.2) is 71.7 Å². The smallest absolute Gasteiger partial charge is 0.261 e. The van der Waals surface area contributed by atoms with E-state index >= 15 is 0 Å². The topological polar surface area (TPSA) is 93.1 Å². The number of carbonyl (C=O) groups is 2. The first-order chi connectivity index (χ1) is 15.8. The highest BCUT2D eigenvalue weighted by Gasteiger charge is 2.18. The van der Waals surface area contributed by atoms with E-state index < -0.39 is 23.1 Å². The lowest BCUT2D eigenvalue weighted by atomic mass is 10.1. The molecule has 0 aliphatic carbocycles. The Bertz CT molecular complexity index is 1430. The molecule has 2 N–H and O–H groups in total. The quantitative estimate of drug-likeness (QED) is 0.486. The van der Waals surface area contributed by atoms with Crippen LogP contribution in [0.3, 0.4) is 0 Å². The first-order valence-corrected chi connectivity index (χ1v) is 10.2. The van der Waals surface area contributed by atoms with Crippen LogP contribution in [-0.2, 0) is 11.3 Å².